The Morgan fingerprint density at radius 3 is 3.05 bits per heavy atom. The maximum Gasteiger partial charge on any atom is 0.311 e. The molecule has 2 fully saturated rings. The van der Waals surface area contributed by atoms with Crippen LogP contribution in [0.5, 0.6) is 0 Å². The molecule has 0 saturated carbocycles. The first-order chi connectivity index (χ1) is 10.5. The molecule has 2 saturated heterocycles. The lowest BCUT2D eigenvalue weighted by molar-refractivity contribution is -0.157. The van der Waals surface area contributed by atoms with E-state index >= 15 is 0 Å². The van der Waals surface area contributed by atoms with E-state index in [1.54, 1.807) is 16.2 Å². The number of carboxylic acid groups (broad SMARTS) is 1. The lowest BCUT2D eigenvalue weighted by atomic mass is 9.74. The molecule has 1 aromatic rings. The SMILES string of the molecule is CCc1nc(CC(=O)N2C[C@H]3COCC[C@@]3(C(=O)O)C2)cs1. The maximum absolute atomic E-state index is 12.5. The highest BCUT2D eigenvalue weighted by Gasteiger charge is 2.54. The first kappa shape index (κ1) is 15.4. The monoisotopic (exact) mass is 324 g/mol. The zero-order valence-corrected chi connectivity index (χ0v) is 13.4. The van der Waals surface area contributed by atoms with Crippen molar-refractivity contribution in [3.8, 4) is 0 Å². The molecule has 6 nitrogen and oxygen atoms in total. The van der Waals surface area contributed by atoms with Crippen molar-refractivity contribution < 1.29 is 19.4 Å². The van der Waals surface area contributed by atoms with Crippen molar-refractivity contribution in [2.45, 2.75) is 26.2 Å². The molecule has 2 aliphatic rings. The van der Waals surface area contributed by atoms with E-state index in [4.69, 9.17) is 4.74 Å². The van der Waals surface area contributed by atoms with Crippen LogP contribution < -0.4 is 0 Å². The molecule has 0 aromatic carbocycles. The molecule has 0 aliphatic carbocycles. The van der Waals surface area contributed by atoms with Gasteiger partial charge in [-0.05, 0) is 12.8 Å². The van der Waals surface area contributed by atoms with Crippen LogP contribution in [-0.4, -0.2) is 53.2 Å². The Morgan fingerprint density at radius 2 is 2.41 bits per heavy atom. The van der Waals surface area contributed by atoms with Crippen molar-refractivity contribution in [2.75, 3.05) is 26.3 Å². The molecule has 1 amide bonds. The molecule has 7 heteroatoms. The number of thiazole rings is 1. The van der Waals surface area contributed by atoms with Gasteiger partial charge in [-0.2, -0.15) is 0 Å². The van der Waals surface area contributed by atoms with Gasteiger partial charge in [0.15, 0.2) is 0 Å². The predicted octanol–water partition coefficient (Wildman–Crippen LogP) is 1.20. The summed E-state index contributed by atoms with van der Waals surface area (Å²) in [6.45, 7) is 3.67. The third kappa shape index (κ3) is 2.63. The number of ether oxygens (including phenoxy) is 1. The van der Waals surface area contributed by atoms with E-state index in [9.17, 15) is 14.7 Å². The van der Waals surface area contributed by atoms with Crippen LogP contribution in [0, 0.1) is 11.3 Å². The molecule has 3 heterocycles. The first-order valence-corrected chi connectivity index (χ1v) is 8.45. The molecule has 2 aliphatic heterocycles. The van der Waals surface area contributed by atoms with E-state index in [1.165, 1.54) is 0 Å². The van der Waals surface area contributed by atoms with E-state index in [0.29, 0.717) is 32.7 Å². The molecule has 0 bridgehead atoms. The lowest BCUT2D eigenvalue weighted by Gasteiger charge is -2.33. The average Bonchev–Trinajstić information content (AvgIpc) is 3.11. The second-order valence-electron chi connectivity index (χ2n) is 6.02. The largest absolute Gasteiger partial charge is 0.481 e. The topological polar surface area (TPSA) is 79.7 Å². The zero-order valence-electron chi connectivity index (χ0n) is 12.6. The Bertz CT molecular complexity index is 588. The smallest absolute Gasteiger partial charge is 0.311 e. The number of nitrogens with zero attached hydrogens (tertiary/aromatic N) is 2. The van der Waals surface area contributed by atoms with E-state index in [0.717, 1.165) is 17.1 Å². The minimum absolute atomic E-state index is 0.0389. The standard InChI is InChI=1S/C15H20N2O4S/c1-2-12-16-11(8-22-12)5-13(18)17-6-10-7-21-4-3-15(10,9-17)14(19)20/h8,10H,2-7,9H2,1H3,(H,19,20)/t10-,15+/m0/s1. The van der Waals surface area contributed by atoms with Crippen LogP contribution in [0.3, 0.4) is 0 Å². The third-order valence-electron chi connectivity index (χ3n) is 4.72. The Balaban J connectivity index is 1.70. The van der Waals surface area contributed by atoms with Gasteiger partial charge in [0.05, 0.1) is 29.1 Å². The van der Waals surface area contributed by atoms with E-state index in [2.05, 4.69) is 4.98 Å². The van der Waals surface area contributed by atoms with Gasteiger partial charge in [0, 0.05) is 31.0 Å². The molecule has 120 valence electrons. The highest BCUT2D eigenvalue weighted by Crippen LogP contribution is 2.42. The number of hydrogen-bond acceptors (Lipinski definition) is 5. The molecule has 0 spiro atoms. The number of carbonyl (C=O) groups excluding carboxylic acids is 1. The number of fused-ring (bicyclic) bond motifs is 1. The van der Waals surface area contributed by atoms with Crippen LogP contribution in [-0.2, 0) is 27.2 Å². The third-order valence-corrected chi connectivity index (χ3v) is 5.76. The Morgan fingerprint density at radius 1 is 1.59 bits per heavy atom. The highest BCUT2D eigenvalue weighted by molar-refractivity contribution is 7.09. The summed E-state index contributed by atoms with van der Waals surface area (Å²) >= 11 is 1.56. The summed E-state index contributed by atoms with van der Waals surface area (Å²) in [7, 11) is 0. The van der Waals surface area contributed by atoms with Gasteiger partial charge in [0.1, 0.15) is 0 Å². The van der Waals surface area contributed by atoms with Crippen molar-refractivity contribution in [1.29, 1.82) is 0 Å². The number of carboxylic acids is 1. The fourth-order valence-corrected chi connectivity index (χ4v) is 4.09. The van der Waals surface area contributed by atoms with Crippen LogP contribution in [0.4, 0.5) is 0 Å². The number of aryl methyl sites for hydroxylation is 1. The second kappa shape index (κ2) is 5.96. The van der Waals surface area contributed by atoms with Crippen molar-refractivity contribution in [3.63, 3.8) is 0 Å². The first-order valence-electron chi connectivity index (χ1n) is 7.57. The maximum atomic E-state index is 12.5. The molecule has 3 rings (SSSR count). The van der Waals surface area contributed by atoms with Gasteiger partial charge in [-0.15, -0.1) is 11.3 Å². The van der Waals surface area contributed by atoms with Gasteiger partial charge in [-0.25, -0.2) is 4.98 Å². The molecule has 1 aromatic heterocycles. The summed E-state index contributed by atoms with van der Waals surface area (Å²) in [5, 5.41) is 12.6. The number of hydrogen-bond donors (Lipinski definition) is 1. The van der Waals surface area contributed by atoms with Gasteiger partial charge in [-0.1, -0.05) is 6.92 Å². The number of rotatable bonds is 4. The van der Waals surface area contributed by atoms with Gasteiger partial charge in [0.25, 0.3) is 0 Å². The minimum Gasteiger partial charge on any atom is -0.481 e. The van der Waals surface area contributed by atoms with Gasteiger partial charge < -0.3 is 14.7 Å². The van der Waals surface area contributed by atoms with E-state index in [-0.39, 0.29) is 18.2 Å². The van der Waals surface area contributed by atoms with E-state index < -0.39 is 11.4 Å². The molecule has 0 unspecified atom stereocenters. The van der Waals surface area contributed by atoms with Crippen LogP contribution >= 0.6 is 11.3 Å². The Kier molecular flexibility index (Phi) is 4.18. The number of likely N-dealkylation sites (tertiary alicyclic amines) is 1. The summed E-state index contributed by atoms with van der Waals surface area (Å²) < 4.78 is 5.41. The summed E-state index contributed by atoms with van der Waals surface area (Å²) in [6.07, 6.45) is 1.59. The second-order valence-corrected chi connectivity index (χ2v) is 6.96. The summed E-state index contributed by atoms with van der Waals surface area (Å²) in [5.41, 5.74) is -0.0489. The number of aliphatic carboxylic acids is 1. The molecule has 1 N–H and O–H groups in total. The zero-order chi connectivity index (χ0) is 15.7. The van der Waals surface area contributed by atoms with E-state index in [1.807, 2.05) is 12.3 Å². The molecular weight excluding hydrogens is 304 g/mol. The normalized spacial score (nSPS) is 27.7. The summed E-state index contributed by atoms with van der Waals surface area (Å²) in [5.74, 6) is -0.953. The van der Waals surface area contributed by atoms with Crippen LogP contribution in [0.15, 0.2) is 5.38 Å². The highest BCUT2D eigenvalue weighted by atomic mass is 32.1. The van der Waals surface area contributed by atoms with Gasteiger partial charge >= 0.3 is 5.97 Å². The molecule has 22 heavy (non-hydrogen) atoms. The van der Waals surface area contributed by atoms with Gasteiger partial charge in [-0.3, -0.25) is 9.59 Å². The number of aromatic nitrogens is 1. The fraction of sp³-hybridized carbons (Fsp3) is 0.667. The van der Waals surface area contributed by atoms with Crippen molar-refractivity contribution in [1.82, 2.24) is 9.88 Å². The minimum atomic E-state index is -0.829. The quantitative estimate of drug-likeness (QED) is 0.900. The van der Waals surface area contributed by atoms with Crippen LogP contribution in [0.2, 0.25) is 0 Å². The fourth-order valence-electron chi connectivity index (χ4n) is 3.35. The summed E-state index contributed by atoms with van der Waals surface area (Å²) in [4.78, 5) is 30.3. The molecule has 0 radical (unpaired) electrons. The van der Waals surface area contributed by atoms with Gasteiger partial charge in [0.2, 0.25) is 5.91 Å². The predicted molar refractivity (Wildman–Crippen MR) is 80.8 cm³/mol. The molecule has 2 atom stereocenters. The summed E-state index contributed by atoms with van der Waals surface area (Å²) in [6, 6.07) is 0. The Hall–Kier alpha value is -1.47. The van der Waals surface area contributed by atoms with Crippen molar-refractivity contribution in [2.24, 2.45) is 11.3 Å². The number of carbonyl (C=O) groups is 2. The van der Waals surface area contributed by atoms with Crippen LogP contribution in [0.1, 0.15) is 24.0 Å². The molecular formula is C15H20N2O4S. The lowest BCUT2D eigenvalue weighted by Crippen LogP contribution is -2.45. The number of amides is 1. The average molecular weight is 324 g/mol. The van der Waals surface area contributed by atoms with Crippen LogP contribution in [0.25, 0.3) is 0 Å². The van der Waals surface area contributed by atoms with Crippen molar-refractivity contribution >= 4 is 23.2 Å². The Labute approximate surface area is 133 Å². The van der Waals surface area contributed by atoms with Crippen molar-refractivity contribution in [3.05, 3.63) is 16.1 Å².